The second-order valence-electron chi connectivity index (χ2n) is 6.14. The second-order valence-corrected chi connectivity index (χ2v) is 6.14. The molecule has 1 aliphatic heterocycles. The highest BCUT2D eigenvalue weighted by Gasteiger charge is 2.20. The largest absolute Gasteiger partial charge is 0.381 e. The molecule has 0 aromatic rings. The Hall–Kier alpha value is -0.610. The van der Waals surface area contributed by atoms with Gasteiger partial charge in [0.25, 0.3) is 0 Å². The topological polar surface area (TPSA) is 47.6 Å². The molecule has 1 fully saturated rings. The molecule has 1 rings (SSSR count). The minimum atomic E-state index is 0.184. The van der Waals surface area contributed by atoms with Crippen molar-refractivity contribution in [2.24, 2.45) is 5.92 Å². The van der Waals surface area contributed by atoms with E-state index in [1.54, 1.807) is 7.11 Å². The Kier molecular flexibility index (Phi) is 10.5. The molecule has 0 bridgehead atoms. The Morgan fingerprint density at radius 2 is 2.00 bits per heavy atom. The van der Waals surface area contributed by atoms with Crippen LogP contribution in [0.4, 0.5) is 0 Å². The lowest BCUT2D eigenvalue weighted by Gasteiger charge is -2.18. The summed E-state index contributed by atoms with van der Waals surface area (Å²) in [5.74, 6) is 0.564. The maximum absolute atomic E-state index is 11.8. The van der Waals surface area contributed by atoms with Gasteiger partial charge in [0, 0.05) is 32.6 Å². The number of carbonyl (C=O) groups is 1. The van der Waals surface area contributed by atoms with Crippen molar-refractivity contribution in [3.63, 3.8) is 0 Å². The van der Waals surface area contributed by atoms with Crippen molar-refractivity contribution in [2.45, 2.75) is 70.8 Å². The van der Waals surface area contributed by atoms with Gasteiger partial charge < -0.3 is 14.8 Å². The maximum Gasteiger partial charge on any atom is 0.220 e. The molecule has 4 heteroatoms. The van der Waals surface area contributed by atoms with Gasteiger partial charge in [-0.3, -0.25) is 4.79 Å². The van der Waals surface area contributed by atoms with E-state index in [-0.39, 0.29) is 12.0 Å². The second kappa shape index (κ2) is 12.0. The third-order valence-electron chi connectivity index (χ3n) is 4.21. The van der Waals surface area contributed by atoms with Gasteiger partial charge in [-0.05, 0) is 19.3 Å². The number of nitrogens with one attached hydrogen (secondary N) is 1. The van der Waals surface area contributed by atoms with Gasteiger partial charge in [-0.2, -0.15) is 0 Å². The highest BCUT2D eigenvalue weighted by atomic mass is 16.5. The van der Waals surface area contributed by atoms with Crippen LogP contribution in [-0.4, -0.2) is 38.9 Å². The number of unbranched alkanes of at least 4 members (excludes halogenated alkanes) is 5. The fraction of sp³-hybridized carbons (Fsp3) is 0.941. The highest BCUT2D eigenvalue weighted by Crippen LogP contribution is 2.16. The van der Waals surface area contributed by atoms with Gasteiger partial charge in [-0.1, -0.05) is 39.0 Å². The van der Waals surface area contributed by atoms with Crippen molar-refractivity contribution in [3.8, 4) is 0 Å². The molecule has 0 aliphatic carbocycles. The molecule has 0 saturated carbocycles. The van der Waals surface area contributed by atoms with E-state index in [1.807, 2.05) is 0 Å². The molecule has 1 heterocycles. The van der Waals surface area contributed by atoms with Crippen LogP contribution < -0.4 is 5.32 Å². The zero-order valence-electron chi connectivity index (χ0n) is 13.9. The van der Waals surface area contributed by atoms with Gasteiger partial charge in [0.15, 0.2) is 0 Å². The minimum absolute atomic E-state index is 0.184. The maximum atomic E-state index is 11.8. The summed E-state index contributed by atoms with van der Waals surface area (Å²) in [6, 6.07) is 0. The van der Waals surface area contributed by atoms with E-state index in [2.05, 4.69) is 12.2 Å². The lowest BCUT2D eigenvalue weighted by atomic mass is 10.0. The average molecular weight is 299 g/mol. The van der Waals surface area contributed by atoms with Gasteiger partial charge in [0.2, 0.25) is 5.91 Å². The average Bonchev–Trinajstić information content (AvgIpc) is 2.74. The van der Waals surface area contributed by atoms with Gasteiger partial charge in [-0.25, -0.2) is 0 Å². The Balaban J connectivity index is 2.06. The van der Waals surface area contributed by atoms with Crippen LogP contribution in [-0.2, 0) is 14.3 Å². The molecule has 0 unspecified atom stereocenters. The summed E-state index contributed by atoms with van der Waals surface area (Å²) in [6.07, 6.45) is 10.2. The van der Waals surface area contributed by atoms with Crippen LogP contribution in [0, 0.1) is 5.92 Å². The molecule has 0 aromatic heterocycles. The number of amides is 1. The first-order chi connectivity index (χ1) is 10.3. The fourth-order valence-electron chi connectivity index (χ4n) is 2.79. The van der Waals surface area contributed by atoms with E-state index in [4.69, 9.17) is 9.47 Å². The van der Waals surface area contributed by atoms with Gasteiger partial charge in [-0.15, -0.1) is 0 Å². The molecule has 1 N–H and O–H groups in total. The van der Waals surface area contributed by atoms with Crippen LogP contribution >= 0.6 is 0 Å². The molecule has 1 amide bonds. The highest BCUT2D eigenvalue weighted by molar-refractivity contribution is 5.75. The van der Waals surface area contributed by atoms with Crippen LogP contribution in [0.15, 0.2) is 0 Å². The van der Waals surface area contributed by atoms with Crippen LogP contribution in [0.5, 0.6) is 0 Å². The first-order valence-electron chi connectivity index (χ1n) is 8.63. The summed E-state index contributed by atoms with van der Waals surface area (Å²) in [5.41, 5.74) is 0. The van der Waals surface area contributed by atoms with Crippen LogP contribution in [0.3, 0.4) is 0 Å². The number of rotatable bonds is 10. The fourth-order valence-corrected chi connectivity index (χ4v) is 2.79. The summed E-state index contributed by atoms with van der Waals surface area (Å²) < 4.78 is 11.0. The van der Waals surface area contributed by atoms with E-state index < -0.39 is 0 Å². The Bertz CT molecular complexity index is 271. The molecule has 2 atom stereocenters. The number of hydrogen-bond acceptors (Lipinski definition) is 3. The van der Waals surface area contributed by atoms with E-state index in [0.29, 0.717) is 18.9 Å². The van der Waals surface area contributed by atoms with E-state index >= 15 is 0 Å². The van der Waals surface area contributed by atoms with Crippen molar-refractivity contribution < 1.29 is 14.3 Å². The minimum Gasteiger partial charge on any atom is -0.381 e. The summed E-state index contributed by atoms with van der Waals surface area (Å²) in [6.45, 7) is 4.44. The van der Waals surface area contributed by atoms with E-state index in [9.17, 15) is 4.79 Å². The Morgan fingerprint density at radius 1 is 1.24 bits per heavy atom. The van der Waals surface area contributed by atoms with E-state index in [1.165, 1.54) is 32.1 Å². The first-order valence-corrected chi connectivity index (χ1v) is 8.63. The van der Waals surface area contributed by atoms with Crippen molar-refractivity contribution in [1.82, 2.24) is 5.32 Å². The summed E-state index contributed by atoms with van der Waals surface area (Å²) in [7, 11) is 1.75. The molecule has 0 aromatic carbocycles. The van der Waals surface area contributed by atoms with Crippen LogP contribution in [0.25, 0.3) is 0 Å². The van der Waals surface area contributed by atoms with Crippen molar-refractivity contribution in [1.29, 1.82) is 0 Å². The van der Waals surface area contributed by atoms with Crippen molar-refractivity contribution in [3.05, 3.63) is 0 Å². The molecular formula is C17H33NO3. The third kappa shape index (κ3) is 9.10. The molecule has 1 saturated heterocycles. The molecule has 0 radical (unpaired) electrons. The lowest BCUT2D eigenvalue weighted by Crippen LogP contribution is -2.32. The molecule has 4 nitrogen and oxygen atoms in total. The summed E-state index contributed by atoms with van der Waals surface area (Å²) in [5, 5.41) is 3.05. The SMILES string of the molecule is CCCCCCCCC(=O)NC[C@@H]1COCC[C@H](OC)C1. The zero-order chi connectivity index (χ0) is 15.3. The number of hydrogen-bond donors (Lipinski definition) is 1. The van der Waals surface area contributed by atoms with Gasteiger partial charge >= 0.3 is 0 Å². The van der Waals surface area contributed by atoms with E-state index in [0.717, 1.165) is 32.5 Å². The van der Waals surface area contributed by atoms with Crippen LogP contribution in [0.2, 0.25) is 0 Å². The third-order valence-corrected chi connectivity index (χ3v) is 4.21. The monoisotopic (exact) mass is 299 g/mol. The Labute approximate surface area is 130 Å². The van der Waals surface area contributed by atoms with Gasteiger partial charge in [0.05, 0.1) is 12.7 Å². The van der Waals surface area contributed by atoms with Crippen molar-refractivity contribution >= 4 is 5.91 Å². The number of ether oxygens (including phenoxy) is 2. The molecule has 1 aliphatic rings. The smallest absolute Gasteiger partial charge is 0.220 e. The Morgan fingerprint density at radius 3 is 2.76 bits per heavy atom. The summed E-state index contributed by atoms with van der Waals surface area (Å²) >= 11 is 0. The normalized spacial score (nSPS) is 22.8. The predicted molar refractivity (Wildman–Crippen MR) is 85.3 cm³/mol. The number of methoxy groups -OCH3 is 1. The zero-order valence-corrected chi connectivity index (χ0v) is 13.9. The number of carbonyl (C=O) groups excluding carboxylic acids is 1. The quantitative estimate of drug-likeness (QED) is 0.630. The molecule has 21 heavy (non-hydrogen) atoms. The van der Waals surface area contributed by atoms with Gasteiger partial charge in [0.1, 0.15) is 0 Å². The molecular weight excluding hydrogens is 266 g/mol. The summed E-state index contributed by atoms with van der Waals surface area (Å²) in [4.78, 5) is 11.8. The first kappa shape index (κ1) is 18.4. The van der Waals surface area contributed by atoms with Crippen molar-refractivity contribution in [2.75, 3.05) is 26.9 Å². The molecule has 0 spiro atoms. The lowest BCUT2D eigenvalue weighted by molar-refractivity contribution is -0.121. The molecule has 124 valence electrons. The predicted octanol–water partition coefficient (Wildman–Crippen LogP) is 3.29. The van der Waals surface area contributed by atoms with Crippen LogP contribution in [0.1, 0.15) is 64.7 Å². The standard InChI is InChI=1S/C17H33NO3/c1-3-4-5-6-7-8-9-17(19)18-13-15-12-16(20-2)10-11-21-14-15/h15-16H,3-14H2,1-2H3,(H,18,19)/t15-,16+/m1/s1.